The van der Waals surface area contributed by atoms with Crippen LogP contribution in [-0.2, 0) is 13.0 Å². The molecule has 0 aromatic carbocycles. The van der Waals surface area contributed by atoms with Gasteiger partial charge in [0, 0.05) is 19.0 Å². The fourth-order valence-corrected chi connectivity index (χ4v) is 3.66. The Labute approximate surface area is 129 Å². The molecule has 0 saturated heterocycles. The lowest BCUT2D eigenvalue weighted by molar-refractivity contribution is 0.219. The number of aromatic nitrogens is 3. The van der Waals surface area contributed by atoms with Gasteiger partial charge in [-0.2, -0.15) is 5.10 Å². The summed E-state index contributed by atoms with van der Waals surface area (Å²) in [6.45, 7) is 11.1. The lowest BCUT2D eigenvalue weighted by Gasteiger charge is -2.33. The minimum atomic E-state index is 0.549. The Bertz CT molecular complexity index is 413. The van der Waals surface area contributed by atoms with Crippen LogP contribution in [0, 0.1) is 17.8 Å². The van der Waals surface area contributed by atoms with Crippen LogP contribution >= 0.6 is 0 Å². The summed E-state index contributed by atoms with van der Waals surface area (Å²) in [6, 6.07) is 0.549. The van der Waals surface area contributed by atoms with Crippen molar-refractivity contribution in [3.8, 4) is 0 Å². The molecule has 1 saturated carbocycles. The molecule has 1 aromatic heterocycles. The van der Waals surface area contributed by atoms with Crippen molar-refractivity contribution >= 4 is 0 Å². The number of nitrogens with zero attached hydrogens (tertiary/aromatic N) is 3. The Hall–Kier alpha value is -0.900. The van der Waals surface area contributed by atoms with Crippen LogP contribution in [0.25, 0.3) is 0 Å². The zero-order valence-electron chi connectivity index (χ0n) is 14.2. The smallest absolute Gasteiger partial charge is 0.138 e. The second-order valence-electron chi connectivity index (χ2n) is 7.15. The van der Waals surface area contributed by atoms with Crippen molar-refractivity contribution in [2.45, 2.75) is 72.4 Å². The quantitative estimate of drug-likeness (QED) is 0.838. The Morgan fingerprint density at radius 3 is 2.86 bits per heavy atom. The van der Waals surface area contributed by atoms with Gasteiger partial charge in [0.05, 0.1) is 0 Å². The van der Waals surface area contributed by atoms with Crippen LogP contribution in [0.1, 0.15) is 59.2 Å². The van der Waals surface area contributed by atoms with Crippen molar-refractivity contribution in [1.29, 1.82) is 0 Å². The fourth-order valence-electron chi connectivity index (χ4n) is 3.66. The topological polar surface area (TPSA) is 42.7 Å². The summed E-state index contributed by atoms with van der Waals surface area (Å²) in [4.78, 5) is 4.52. The second-order valence-corrected chi connectivity index (χ2v) is 7.15. The van der Waals surface area contributed by atoms with Crippen molar-refractivity contribution in [3.05, 3.63) is 12.2 Å². The maximum atomic E-state index is 4.52. The highest BCUT2D eigenvalue weighted by molar-refractivity contribution is 4.93. The Morgan fingerprint density at radius 2 is 2.19 bits per heavy atom. The molecule has 1 aromatic rings. The molecule has 4 nitrogen and oxygen atoms in total. The van der Waals surface area contributed by atoms with E-state index in [4.69, 9.17) is 0 Å². The molecule has 1 aliphatic carbocycles. The van der Waals surface area contributed by atoms with E-state index < -0.39 is 0 Å². The molecular weight excluding hydrogens is 260 g/mol. The highest BCUT2D eigenvalue weighted by Gasteiger charge is 2.27. The molecule has 21 heavy (non-hydrogen) atoms. The van der Waals surface area contributed by atoms with Crippen molar-refractivity contribution < 1.29 is 0 Å². The molecule has 3 unspecified atom stereocenters. The number of hydrogen-bond acceptors (Lipinski definition) is 3. The van der Waals surface area contributed by atoms with Gasteiger partial charge in [-0.1, -0.05) is 40.5 Å². The number of rotatable bonds is 7. The summed E-state index contributed by atoms with van der Waals surface area (Å²) in [5.41, 5.74) is 0. The first kappa shape index (κ1) is 16.5. The number of hydrogen-bond donors (Lipinski definition) is 1. The van der Waals surface area contributed by atoms with Crippen molar-refractivity contribution in [2.24, 2.45) is 17.8 Å². The molecular formula is C17H32N4. The van der Waals surface area contributed by atoms with Crippen molar-refractivity contribution in [1.82, 2.24) is 20.1 Å². The highest BCUT2D eigenvalue weighted by Crippen LogP contribution is 2.31. The summed E-state index contributed by atoms with van der Waals surface area (Å²) in [5, 5.41) is 8.12. The third-order valence-electron chi connectivity index (χ3n) is 4.65. The van der Waals surface area contributed by atoms with E-state index in [2.05, 4.69) is 47.8 Å². The summed E-state index contributed by atoms with van der Waals surface area (Å²) < 4.78 is 2.10. The second kappa shape index (κ2) is 7.92. The fraction of sp³-hybridized carbons (Fsp3) is 0.882. The highest BCUT2D eigenvalue weighted by atomic mass is 15.3. The Balaban J connectivity index is 2.03. The van der Waals surface area contributed by atoms with Gasteiger partial charge < -0.3 is 5.32 Å². The molecule has 0 spiro atoms. The molecule has 0 aliphatic heterocycles. The monoisotopic (exact) mass is 292 g/mol. The molecule has 2 rings (SSSR count). The molecule has 1 fully saturated rings. The molecule has 4 heteroatoms. The van der Waals surface area contributed by atoms with Gasteiger partial charge in [0.2, 0.25) is 0 Å². The van der Waals surface area contributed by atoms with Gasteiger partial charge in [-0.3, -0.25) is 0 Å². The summed E-state index contributed by atoms with van der Waals surface area (Å²) in [5.74, 6) is 3.42. The lowest BCUT2D eigenvalue weighted by Crippen LogP contribution is -2.40. The summed E-state index contributed by atoms with van der Waals surface area (Å²) in [7, 11) is 0. The van der Waals surface area contributed by atoms with E-state index >= 15 is 0 Å². The first-order valence-electron chi connectivity index (χ1n) is 8.70. The van der Waals surface area contributed by atoms with E-state index in [1.54, 1.807) is 6.33 Å². The van der Waals surface area contributed by atoms with Crippen LogP contribution in [-0.4, -0.2) is 27.4 Å². The molecule has 0 bridgehead atoms. The molecule has 3 atom stereocenters. The molecule has 0 radical (unpaired) electrons. The molecule has 1 aliphatic rings. The van der Waals surface area contributed by atoms with E-state index in [1.165, 1.54) is 25.7 Å². The predicted molar refractivity (Wildman–Crippen MR) is 87.2 cm³/mol. The maximum absolute atomic E-state index is 4.52. The Kier molecular flexibility index (Phi) is 6.22. The maximum Gasteiger partial charge on any atom is 0.138 e. The number of nitrogens with one attached hydrogen (secondary N) is 1. The van der Waals surface area contributed by atoms with E-state index in [0.717, 1.165) is 37.2 Å². The van der Waals surface area contributed by atoms with Crippen LogP contribution in [0.15, 0.2) is 6.33 Å². The van der Waals surface area contributed by atoms with Gasteiger partial charge in [0.15, 0.2) is 0 Å². The minimum absolute atomic E-state index is 0.549. The predicted octanol–water partition coefficient (Wildman–Crippen LogP) is 3.28. The minimum Gasteiger partial charge on any atom is -0.314 e. The van der Waals surface area contributed by atoms with E-state index in [0.29, 0.717) is 12.0 Å². The van der Waals surface area contributed by atoms with Gasteiger partial charge in [0.1, 0.15) is 12.2 Å². The average molecular weight is 292 g/mol. The van der Waals surface area contributed by atoms with Crippen molar-refractivity contribution in [2.75, 3.05) is 6.54 Å². The third-order valence-corrected chi connectivity index (χ3v) is 4.65. The zero-order chi connectivity index (χ0) is 15.2. The van der Waals surface area contributed by atoms with Crippen LogP contribution in [0.5, 0.6) is 0 Å². The normalized spacial score (nSPS) is 24.4. The third kappa shape index (κ3) is 4.80. The van der Waals surface area contributed by atoms with Gasteiger partial charge in [-0.25, -0.2) is 9.67 Å². The molecule has 1 N–H and O–H groups in total. The van der Waals surface area contributed by atoms with Crippen molar-refractivity contribution in [3.63, 3.8) is 0 Å². The lowest BCUT2D eigenvalue weighted by atomic mass is 9.77. The van der Waals surface area contributed by atoms with Crippen LogP contribution in [0.4, 0.5) is 0 Å². The number of likely N-dealkylation sites (N-methyl/N-ethyl adjacent to an activating group) is 1. The first-order chi connectivity index (χ1) is 10.1. The largest absolute Gasteiger partial charge is 0.314 e. The summed E-state index contributed by atoms with van der Waals surface area (Å²) >= 11 is 0. The molecule has 120 valence electrons. The van der Waals surface area contributed by atoms with Crippen LogP contribution < -0.4 is 5.32 Å². The van der Waals surface area contributed by atoms with Crippen LogP contribution in [0.3, 0.4) is 0 Å². The van der Waals surface area contributed by atoms with E-state index in [9.17, 15) is 0 Å². The van der Waals surface area contributed by atoms with Gasteiger partial charge in [-0.05, 0) is 37.1 Å². The Morgan fingerprint density at radius 1 is 1.38 bits per heavy atom. The average Bonchev–Trinajstić information content (AvgIpc) is 2.85. The summed E-state index contributed by atoms with van der Waals surface area (Å²) in [6.07, 6.45) is 8.23. The van der Waals surface area contributed by atoms with E-state index in [1.807, 2.05) is 0 Å². The molecule has 0 amide bonds. The van der Waals surface area contributed by atoms with Gasteiger partial charge in [-0.15, -0.1) is 0 Å². The zero-order valence-corrected chi connectivity index (χ0v) is 14.2. The van der Waals surface area contributed by atoms with Crippen LogP contribution in [0.2, 0.25) is 0 Å². The van der Waals surface area contributed by atoms with Gasteiger partial charge in [0.25, 0.3) is 0 Å². The first-order valence-corrected chi connectivity index (χ1v) is 8.70. The van der Waals surface area contributed by atoms with Gasteiger partial charge >= 0.3 is 0 Å². The standard InChI is InChI=1S/C17H32N4/c1-5-18-16(15-8-6-7-14(4)9-15)10-17-19-12-20-21(17)11-13(2)3/h12-16,18H,5-11H2,1-4H3. The van der Waals surface area contributed by atoms with E-state index in [-0.39, 0.29) is 0 Å². The molecule has 1 heterocycles. The SMILES string of the molecule is CCNC(Cc1ncnn1CC(C)C)C1CCCC(C)C1.